The summed E-state index contributed by atoms with van der Waals surface area (Å²) in [6.07, 6.45) is 4.68. The summed E-state index contributed by atoms with van der Waals surface area (Å²) in [4.78, 5) is 20.5. The Morgan fingerprint density at radius 3 is 2.71 bits per heavy atom. The average molecular weight is 310 g/mol. The maximum absolute atomic E-state index is 12.5. The Labute approximate surface area is 126 Å². The highest BCUT2D eigenvalue weighted by Gasteiger charge is 2.27. The van der Waals surface area contributed by atoms with E-state index in [9.17, 15) is 4.79 Å². The van der Waals surface area contributed by atoms with E-state index in [-0.39, 0.29) is 11.9 Å². The number of anilines is 1. The first kappa shape index (κ1) is 13.9. The summed E-state index contributed by atoms with van der Waals surface area (Å²) in [7, 11) is 0. The number of hydrogen-bond donors (Lipinski definition) is 1. The second-order valence-corrected chi connectivity index (χ2v) is 5.37. The summed E-state index contributed by atoms with van der Waals surface area (Å²) in [6.45, 7) is 4.59. The van der Waals surface area contributed by atoms with Crippen LogP contribution in [0.4, 0.5) is 5.95 Å². The van der Waals surface area contributed by atoms with E-state index in [1.54, 1.807) is 10.9 Å². The van der Waals surface area contributed by atoms with E-state index in [0.717, 1.165) is 19.0 Å². The van der Waals surface area contributed by atoms with Crippen LogP contribution in [0.2, 0.25) is 5.02 Å². The molecule has 2 aromatic rings. The largest absolute Gasteiger partial charge is 0.338 e. The molecule has 0 saturated carbocycles. The van der Waals surface area contributed by atoms with Crippen LogP contribution in [0.3, 0.4) is 0 Å². The lowest BCUT2D eigenvalue weighted by Gasteiger charge is -2.35. The summed E-state index contributed by atoms with van der Waals surface area (Å²) in [5.74, 6) is 0.793. The molecule has 1 N–H and O–H groups in total. The van der Waals surface area contributed by atoms with Crippen LogP contribution in [0.5, 0.6) is 0 Å². The van der Waals surface area contributed by atoms with Crippen LogP contribution in [-0.2, 0) is 4.79 Å². The van der Waals surface area contributed by atoms with Crippen molar-refractivity contribution in [3.8, 4) is 0 Å². The SMILES string of the molecule is C[C@@H](C(=O)N1CCN(c2ncn[nH]2)CC1)n1cc(Cl)cn1. The molecule has 1 amide bonds. The minimum absolute atomic E-state index is 0.0481. The van der Waals surface area contributed by atoms with Gasteiger partial charge >= 0.3 is 0 Å². The molecule has 8 nitrogen and oxygen atoms in total. The number of H-pyrrole nitrogens is 1. The molecule has 21 heavy (non-hydrogen) atoms. The van der Waals surface area contributed by atoms with E-state index in [4.69, 9.17) is 11.6 Å². The van der Waals surface area contributed by atoms with Gasteiger partial charge in [0.25, 0.3) is 0 Å². The third-order valence-electron chi connectivity index (χ3n) is 3.62. The normalized spacial score (nSPS) is 17.0. The van der Waals surface area contributed by atoms with Gasteiger partial charge < -0.3 is 9.80 Å². The molecule has 3 heterocycles. The topological polar surface area (TPSA) is 82.9 Å². The zero-order valence-corrected chi connectivity index (χ0v) is 12.4. The minimum atomic E-state index is -0.352. The maximum atomic E-state index is 12.5. The van der Waals surface area contributed by atoms with Crippen molar-refractivity contribution in [2.75, 3.05) is 31.1 Å². The Morgan fingerprint density at radius 1 is 1.38 bits per heavy atom. The fourth-order valence-electron chi connectivity index (χ4n) is 2.39. The third-order valence-corrected chi connectivity index (χ3v) is 3.81. The molecule has 2 aromatic heterocycles. The number of amides is 1. The lowest BCUT2D eigenvalue weighted by atomic mass is 10.2. The van der Waals surface area contributed by atoms with E-state index in [1.807, 2.05) is 11.8 Å². The predicted octanol–water partition coefficient (Wildman–Crippen LogP) is 0.564. The van der Waals surface area contributed by atoms with Gasteiger partial charge in [0.2, 0.25) is 11.9 Å². The van der Waals surface area contributed by atoms with Gasteiger partial charge in [-0.05, 0) is 6.92 Å². The molecular formula is C12H16ClN7O. The van der Waals surface area contributed by atoms with Gasteiger partial charge in [-0.25, -0.2) is 5.10 Å². The van der Waals surface area contributed by atoms with E-state index in [1.165, 1.54) is 12.5 Å². The van der Waals surface area contributed by atoms with Gasteiger partial charge in [0, 0.05) is 32.4 Å². The van der Waals surface area contributed by atoms with E-state index in [2.05, 4.69) is 25.2 Å². The Kier molecular flexibility index (Phi) is 3.78. The van der Waals surface area contributed by atoms with Crippen LogP contribution in [0.15, 0.2) is 18.7 Å². The van der Waals surface area contributed by atoms with Gasteiger partial charge in [-0.1, -0.05) is 11.6 Å². The Morgan fingerprint density at radius 2 is 2.14 bits per heavy atom. The van der Waals surface area contributed by atoms with Crippen LogP contribution in [0.25, 0.3) is 0 Å². The zero-order chi connectivity index (χ0) is 14.8. The van der Waals surface area contributed by atoms with Gasteiger partial charge in [0.1, 0.15) is 12.4 Å². The van der Waals surface area contributed by atoms with Crippen LogP contribution < -0.4 is 4.90 Å². The zero-order valence-electron chi connectivity index (χ0n) is 11.6. The van der Waals surface area contributed by atoms with Crippen LogP contribution in [0.1, 0.15) is 13.0 Å². The molecule has 1 fully saturated rings. The number of carbonyl (C=O) groups is 1. The molecule has 0 radical (unpaired) electrons. The summed E-state index contributed by atoms with van der Waals surface area (Å²) in [5, 5.41) is 11.3. The van der Waals surface area contributed by atoms with Gasteiger partial charge in [-0.2, -0.15) is 15.2 Å². The van der Waals surface area contributed by atoms with Crippen molar-refractivity contribution in [3.05, 3.63) is 23.7 Å². The first-order valence-corrected chi connectivity index (χ1v) is 7.11. The smallest absolute Gasteiger partial charge is 0.247 e. The molecule has 0 aromatic carbocycles. The standard InChI is InChI=1S/C12H16ClN7O/c1-9(20-7-10(13)6-16-20)11(21)18-2-4-19(5-3-18)12-14-8-15-17-12/h6-9H,2-5H2,1H3,(H,14,15,17)/t9-/m0/s1. The quantitative estimate of drug-likeness (QED) is 0.896. The third kappa shape index (κ3) is 2.85. The van der Waals surface area contributed by atoms with E-state index >= 15 is 0 Å². The highest BCUT2D eigenvalue weighted by atomic mass is 35.5. The number of piperazine rings is 1. The molecule has 1 atom stereocenters. The van der Waals surface area contributed by atoms with Crippen molar-refractivity contribution in [1.29, 1.82) is 0 Å². The molecule has 1 aliphatic heterocycles. The van der Waals surface area contributed by atoms with Crippen molar-refractivity contribution >= 4 is 23.5 Å². The molecule has 112 valence electrons. The summed E-state index contributed by atoms with van der Waals surface area (Å²) < 4.78 is 1.59. The van der Waals surface area contributed by atoms with Gasteiger partial charge in [-0.15, -0.1) is 0 Å². The van der Waals surface area contributed by atoms with Crippen molar-refractivity contribution in [2.24, 2.45) is 0 Å². The first-order chi connectivity index (χ1) is 10.1. The molecule has 1 aliphatic rings. The number of aromatic nitrogens is 5. The highest BCUT2D eigenvalue weighted by Crippen LogP contribution is 2.16. The van der Waals surface area contributed by atoms with Crippen molar-refractivity contribution in [1.82, 2.24) is 29.9 Å². The molecule has 3 rings (SSSR count). The number of aromatic amines is 1. The van der Waals surface area contributed by atoms with Crippen LogP contribution in [-0.4, -0.2) is 61.9 Å². The Hall–Kier alpha value is -2.09. The Bertz CT molecular complexity index is 603. The molecular weight excluding hydrogens is 294 g/mol. The van der Waals surface area contributed by atoms with Crippen LogP contribution >= 0.6 is 11.6 Å². The van der Waals surface area contributed by atoms with Gasteiger partial charge in [0.15, 0.2) is 0 Å². The fourth-order valence-corrected chi connectivity index (χ4v) is 2.54. The lowest BCUT2D eigenvalue weighted by Crippen LogP contribution is -2.50. The van der Waals surface area contributed by atoms with E-state index < -0.39 is 0 Å². The number of nitrogens with one attached hydrogen (secondary N) is 1. The Balaban J connectivity index is 1.60. The van der Waals surface area contributed by atoms with Gasteiger partial charge in [-0.3, -0.25) is 9.48 Å². The highest BCUT2D eigenvalue weighted by molar-refractivity contribution is 6.30. The molecule has 9 heteroatoms. The van der Waals surface area contributed by atoms with E-state index in [0.29, 0.717) is 18.1 Å². The molecule has 0 aliphatic carbocycles. The fraction of sp³-hybridized carbons (Fsp3) is 0.500. The number of halogens is 1. The number of rotatable bonds is 3. The van der Waals surface area contributed by atoms with Crippen molar-refractivity contribution in [3.63, 3.8) is 0 Å². The molecule has 0 unspecified atom stereocenters. The summed E-state index contributed by atoms with van der Waals surface area (Å²) >= 11 is 5.84. The second-order valence-electron chi connectivity index (χ2n) is 4.94. The van der Waals surface area contributed by atoms with Crippen LogP contribution in [0, 0.1) is 0 Å². The minimum Gasteiger partial charge on any atom is -0.338 e. The summed E-state index contributed by atoms with van der Waals surface area (Å²) in [6, 6.07) is -0.352. The monoisotopic (exact) mass is 309 g/mol. The molecule has 0 bridgehead atoms. The number of carbonyl (C=O) groups excluding carboxylic acids is 1. The first-order valence-electron chi connectivity index (χ1n) is 6.74. The maximum Gasteiger partial charge on any atom is 0.247 e. The number of hydrogen-bond acceptors (Lipinski definition) is 5. The molecule has 0 spiro atoms. The predicted molar refractivity (Wildman–Crippen MR) is 77.1 cm³/mol. The lowest BCUT2D eigenvalue weighted by molar-refractivity contribution is -0.134. The van der Waals surface area contributed by atoms with Crippen molar-refractivity contribution < 1.29 is 4.79 Å². The number of nitrogens with zero attached hydrogens (tertiary/aromatic N) is 6. The molecule has 1 saturated heterocycles. The summed E-state index contributed by atoms with van der Waals surface area (Å²) in [5.41, 5.74) is 0. The average Bonchev–Trinajstić information content (AvgIpc) is 3.17. The second kappa shape index (κ2) is 5.72. The van der Waals surface area contributed by atoms with Gasteiger partial charge in [0.05, 0.1) is 11.2 Å². The van der Waals surface area contributed by atoms with Crippen molar-refractivity contribution in [2.45, 2.75) is 13.0 Å².